The Morgan fingerprint density at radius 2 is 2.17 bits per heavy atom. The van der Waals surface area contributed by atoms with Gasteiger partial charge in [0, 0.05) is 18.6 Å². The minimum atomic E-state index is -0.240. The summed E-state index contributed by atoms with van der Waals surface area (Å²) in [6.07, 6.45) is 1.51. The van der Waals surface area contributed by atoms with Crippen molar-refractivity contribution in [2.45, 2.75) is 26.7 Å². The second kappa shape index (κ2) is 5.21. The zero-order chi connectivity index (χ0) is 13.3. The average Bonchev–Trinajstić information content (AvgIpc) is 2.65. The maximum Gasteiger partial charge on any atom is 0.169 e. The van der Waals surface area contributed by atoms with Gasteiger partial charge in [0.1, 0.15) is 0 Å². The van der Waals surface area contributed by atoms with E-state index >= 15 is 0 Å². The van der Waals surface area contributed by atoms with Crippen molar-refractivity contribution in [3.05, 3.63) is 33.9 Å². The van der Waals surface area contributed by atoms with E-state index in [0.717, 1.165) is 23.1 Å². The molecule has 0 saturated carbocycles. The van der Waals surface area contributed by atoms with Crippen LogP contribution in [0, 0.1) is 19.8 Å². The van der Waals surface area contributed by atoms with Gasteiger partial charge in [-0.05, 0) is 48.9 Å². The SMILES string of the molecule is COCCc1c(C)cc2c(c1C)C(=O)C(CO)C2. The van der Waals surface area contributed by atoms with Gasteiger partial charge in [-0.1, -0.05) is 6.07 Å². The molecule has 1 aliphatic carbocycles. The summed E-state index contributed by atoms with van der Waals surface area (Å²) in [5, 5.41) is 9.24. The molecule has 1 atom stereocenters. The molecule has 1 N–H and O–H groups in total. The van der Waals surface area contributed by atoms with Gasteiger partial charge in [0.2, 0.25) is 0 Å². The van der Waals surface area contributed by atoms with Crippen LogP contribution in [0.15, 0.2) is 6.07 Å². The first-order valence-electron chi connectivity index (χ1n) is 6.36. The van der Waals surface area contributed by atoms with Crippen LogP contribution >= 0.6 is 0 Å². The molecular formula is C15H20O3. The Kier molecular flexibility index (Phi) is 3.83. The van der Waals surface area contributed by atoms with Crippen LogP contribution < -0.4 is 0 Å². The number of aryl methyl sites for hydroxylation is 1. The standard InChI is InChI=1S/C15H20O3/c1-9-6-11-7-12(8-16)15(17)14(11)10(2)13(9)4-5-18-3/h6,12,16H,4-5,7-8H2,1-3H3. The third kappa shape index (κ3) is 2.08. The van der Waals surface area contributed by atoms with Gasteiger partial charge in [0.15, 0.2) is 5.78 Å². The predicted molar refractivity (Wildman–Crippen MR) is 70.1 cm³/mol. The van der Waals surface area contributed by atoms with Crippen molar-refractivity contribution in [1.82, 2.24) is 0 Å². The van der Waals surface area contributed by atoms with Crippen LogP contribution in [0.3, 0.4) is 0 Å². The largest absolute Gasteiger partial charge is 0.396 e. The fourth-order valence-electron chi connectivity index (χ4n) is 2.91. The molecule has 0 spiro atoms. The molecule has 0 saturated heterocycles. The summed E-state index contributed by atoms with van der Waals surface area (Å²) >= 11 is 0. The zero-order valence-corrected chi connectivity index (χ0v) is 11.2. The van der Waals surface area contributed by atoms with Crippen LogP contribution in [0.1, 0.15) is 32.6 Å². The lowest BCUT2D eigenvalue weighted by atomic mass is 9.92. The summed E-state index contributed by atoms with van der Waals surface area (Å²) in [5.74, 6) is -0.139. The third-order valence-corrected chi connectivity index (χ3v) is 3.88. The average molecular weight is 248 g/mol. The lowest BCUT2D eigenvalue weighted by Crippen LogP contribution is -2.14. The number of carbonyl (C=O) groups is 1. The van der Waals surface area contributed by atoms with Gasteiger partial charge < -0.3 is 9.84 Å². The van der Waals surface area contributed by atoms with E-state index in [4.69, 9.17) is 4.74 Å². The molecule has 0 bridgehead atoms. The van der Waals surface area contributed by atoms with Gasteiger partial charge in [-0.3, -0.25) is 4.79 Å². The van der Waals surface area contributed by atoms with Crippen LogP contribution in [0.4, 0.5) is 0 Å². The summed E-state index contributed by atoms with van der Waals surface area (Å²) in [5.41, 5.74) is 5.43. The first-order valence-corrected chi connectivity index (χ1v) is 6.36. The topological polar surface area (TPSA) is 46.5 Å². The Balaban J connectivity index is 2.44. The number of fused-ring (bicyclic) bond motifs is 1. The summed E-state index contributed by atoms with van der Waals surface area (Å²) in [6.45, 7) is 4.70. The van der Waals surface area contributed by atoms with E-state index in [1.807, 2.05) is 6.92 Å². The molecule has 3 nitrogen and oxygen atoms in total. The molecular weight excluding hydrogens is 228 g/mol. The number of rotatable bonds is 4. The number of aliphatic hydroxyl groups is 1. The molecule has 0 radical (unpaired) electrons. The molecule has 18 heavy (non-hydrogen) atoms. The van der Waals surface area contributed by atoms with Gasteiger partial charge in [0.05, 0.1) is 13.2 Å². The van der Waals surface area contributed by atoms with E-state index in [9.17, 15) is 9.90 Å². The minimum absolute atomic E-state index is 0.0561. The molecule has 0 aliphatic heterocycles. The summed E-state index contributed by atoms with van der Waals surface area (Å²) < 4.78 is 5.12. The molecule has 0 fully saturated rings. The van der Waals surface area contributed by atoms with Crippen molar-refractivity contribution in [1.29, 1.82) is 0 Å². The second-order valence-corrected chi connectivity index (χ2v) is 5.02. The number of ketones is 1. The van der Waals surface area contributed by atoms with E-state index in [1.54, 1.807) is 7.11 Å². The van der Waals surface area contributed by atoms with Crippen molar-refractivity contribution in [3.8, 4) is 0 Å². The number of hydrogen-bond donors (Lipinski definition) is 1. The Morgan fingerprint density at radius 1 is 1.44 bits per heavy atom. The molecule has 0 heterocycles. The second-order valence-electron chi connectivity index (χ2n) is 5.02. The van der Waals surface area contributed by atoms with Crippen LogP contribution in [0.5, 0.6) is 0 Å². The highest BCUT2D eigenvalue weighted by atomic mass is 16.5. The molecule has 0 aromatic heterocycles. The summed E-state index contributed by atoms with van der Waals surface area (Å²) in [6, 6.07) is 2.10. The van der Waals surface area contributed by atoms with Crippen molar-refractivity contribution in [2.24, 2.45) is 5.92 Å². The van der Waals surface area contributed by atoms with Gasteiger partial charge in [-0.2, -0.15) is 0 Å². The molecule has 0 amide bonds. The van der Waals surface area contributed by atoms with E-state index < -0.39 is 0 Å². The summed E-state index contributed by atoms with van der Waals surface area (Å²) in [7, 11) is 1.69. The van der Waals surface area contributed by atoms with Crippen LogP contribution in [0.25, 0.3) is 0 Å². The lowest BCUT2D eigenvalue weighted by molar-refractivity contribution is 0.0882. The zero-order valence-electron chi connectivity index (χ0n) is 11.2. The van der Waals surface area contributed by atoms with Gasteiger partial charge in [-0.15, -0.1) is 0 Å². The molecule has 1 unspecified atom stereocenters. The van der Waals surface area contributed by atoms with E-state index in [1.165, 1.54) is 11.1 Å². The third-order valence-electron chi connectivity index (χ3n) is 3.88. The first kappa shape index (κ1) is 13.2. The minimum Gasteiger partial charge on any atom is -0.396 e. The maximum atomic E-state index is 12.2. The highest BCUT2D eigenvalue weighted by Crippen LogP contribution is 2.33. The van der Waals surface area contributed by atoms with Crippen LogP contribution in [-0.2, 0) is 17.6 Å². The fraction of sp³-hybridized carbons (Fsp3) is 0.533. The smallest absolute Gasteiger partial charge is 0.169 e. The molecule has 98 valence electrons. The number of methoxy groups -OCH3 is 1. The molecule has 1 aliphatic rings. The van der Waals surface area contributed by atoms with E-state index in [2.05, 4.69) is 13.0 Å². The number of carbonyl (C=O) groups excluding carboxylic acids is 1. The Morgan fingerprint density at radius 3 is 2.78 bits per heavy atom. The quantitative estimate of drug-likeness (QED) is 0.884. The van der Waals surface area contributed by atoms with Crippen LogP contribution in [0.2, 0.25) is 0 Å². The molecule has 1 aromatic carbocycles. The highest BCUT2D eigenvalue weighted by molar-refractivity contribution is 6.04. The van der Waals surface area contributed by atoms with Gasteiger partial charge >= 0.3 is 0 Å². The predicted octanol–water partition coefficient (Wildman–Crippen LogP) is 1.84. The van der Waals surface area contributed by atoms with Crippen molar-refractivity contribution in [2.75, 3.05) is 20.3 Å². The summed E-state index contributed by atoms with van der Waals surface area (Å²) in [4.78, 5) is 12.2. The molecule has 3 heteroatoms. The normalized spacial score (nSPS) is 18.2. The Bertz CT molecular complexity index is 477. The number of benzene rings is 1. The van der Waals surface area contributed by atoms with Crippen LogP contribution in [-0.4, -0.2) is 31.2 Å². The number of aliphatic hydroxyl groups excluding tert-OH is 1. The van der Waals surface area contributed by atoms with Crippen molar-refractivity contribution < 1.29 is 14.6 Å². The lowest BCUT2D eigenvalue weighted by Gasteiger charge is -2.13. The molecule has 2 rings (SSSR count). The Hall–Kier alpha value is -1.19. The monoisotopic (exact) mass is 248 g/mol. The van der Waals surface area contributed by atoms with Gasteiger partial charge in [0.25, 0.3) is 0 Å². The van der Waals surface area contributed by atoms with E-state index in [0.29, 0.717) is 13.0 Å². The maximum absolute atomic E-state index is 12.2. The van der Waals surface area contributed by atoms with E-state index in [-0.39, 0.29) is 18.3 Å². The fourth-order valence-corrected chi connectivity index (χ4v) is 2.91. The number of Topliss-reactive ketones (excluding diaryl/α,β-unsaturated/α-hetero) is 1. The number of ether oxygens (including phenoxy) is 1. The number of hydrogen-bond acceptors (Lipinski definition) is 3. The van der Waals surface area contributed by atoms with Crippen molar-refractivity contribution in [3.63, 3.8) is 0 Å². The van der Waals surface area contributed by atoms with Gasteiger partial charge in [-0.25, -0.2) is 0 Å². The van der Waals surface area contributed by atoms with Crippen molar-refractivity contribution >= 4 is 5.78 Å². The molecule has 1 aromatic rings. The highest BCUT2D eigenvalue weighted by Gasteiger charge is 2.32. The Labute approximate surface area is 108 Å². The first-order chi connectivity index (χ1) is 8.60.